The molecule has 0 aliphatic carbocycles. The van der Waals surface area contributed by atoms with Gasteiger partial charge in [-0.2, -0.15) is 0 Å². The van der Waals surface area contributed by atoms with E-state index in [-0.39, 0.29) is 23.3 Å². The van der Waals surface area contributed by atoms with Crippen molar-refractivity contribution in [3.8, 4) is 5.69 Å². The second kappa shape index (κ2) is 8.30. The Morgan fingerprint density at radius 1 is 1.03 bits per heavy atom. The van der Waals surface area contributed by atoms with Gasteiger partial charge in [0.25, 0.3) is 11.8 Å². The molecular formula is C20H18N6O5S. The summed E-state index contributed by atoms with van der Waals surface area (Å²) >= 11 is 0. The molecule has 12 heteroatoms. The summed E-state index contributed by atoms with van der Waals surface area (Å²) in [6, 6.07) is 11.5. The molecule has 0 saturated carbocycles. The standard InChI is InChI=1S/C20H18N6O5S/c1-32(30,31)11-10-17(26-19(28)15-4-2-3-5-16(15)20(26)29)18(27)22-13-6-8-14(9-7-13)25-12-21-23-24-25/h2-9,12,17H,10-11H2,1H3,(H,22,27)/t17-/m0/s1. The molecule has 164 valence electrons. The molecule has 0 spiro atoms. The smallest absolute Gasteiger partial charge is 0.262 e. The van der Waals surface area contributed by atoms with Crippen molar-refractivity contribution in [2.45, 2.75) is 12.5 Å². The van der Waals surface area contributed by atoms with Gasteiger partial charge in [-0.25, -0.2) is 13.1 Å². The summed E-state index contributed by atoms with van der Waals surface area (Å²) in [5.74, 6) is -2.30. The summed E-state index contributed by atoms with van der Waals surface area (Å²) < 4.78 is 24.9. The molecule has 32 heavy (non-hydrogen) atoms. The minimum atomic E-state index is -3.44. The van der Waals surface area contributed by atoms with Crippen LogP contribution in [0.25, 0.3) is 5.69 Å². The minimum Gasteiger partial charge on any atom is -0.324 e. The Hall–Kier alpha value is -3.93. The first-order chi connectivity index (χ1) is 15.2. The normalized spacial score (nSPS) is 14.3. The van der Waals surface area contributed by atoms with Crippen molar-refractivity contribution >= 4 is 33.2 Å². The number of benzene rings is 2. The maximum absolute atomic E-state index is 13.1. The summed E-state index contributed by atoms with van der Waals surface area (Å²) in [4.78, 5) is 39.6. The lowest BCUT2D eigenvalue weighted by molar-refractivity contribution is -0.120. The number of nitrogens with one attached hydrogen (secondary N) is 1. The number of nitrogens with zero attached hydrogens (tertiary/aromatic N) is 5. The van der Waals surface area contributed by atoms with Gasteiger partial charge < -0.3 is 5.32 Å². The van der Waals surface area contributed by atoms with Crippen molar-refractivity contribution < 1.29 is 22.8 Å². The van der Waals surface area contributed by atoms with Gasteiger partial charge in [0.05, 0.1) is 22.6 Å². The number of hydrogen-bond acceptors (Lipinski definition) is 8. The van der Waals surface area contributed by atoms with Crippen molar-refractivity contribution in [2.24, 2.45) is 0 Å². The third-order valence-electron chi connectivity index (χ3n) is 4.95. The Morgan fingerprint density at radius 3 is 2.19 bits per heavy atom. The molecule has 2 heterocycles. The number of fused-ring (bicyclic) bond motifs is 1. The largest absolute Gasteiger partial charge is 0.324 e. The van der Waals surface area contributed by atoms with Crippen molar-refractivity contribution in [3.63, 3.8) is 0 Å². The first-order valence-electron chi connectivity index (χ1n) is 9.53. The van der Waals surface area contributed by atoms with Crippen LogP contribution < -0.4 is 5.32 Å². The number of carbonyl (C=O) groups is 3. The number of tetrazole rings is 1. The van der Waals surface area contributed by atoms with E-state index in [4.69, 9.17) is 0 Å². The van der Waals surface area contributed by atoms with Gasteiger partial charge in [0.1, 0.15) is 22.2 Å². The molecule has 3 aromatic rings. The second-order valence-electron chi connectivity index (χ2n) is 7.25. The third kappa shape index (κ3) is 4.25. The molecule has 4 rings (SSSR count). The van der Waals surface area contributed by atoms with Crippen LogP contribution in [0.1, 0.15) is 27.1 Å². The van der Waals surface area contributed by atoms with Crippen LogP contribution in [-0.2, 0) is 14.6 Å². The maximum Gasteiger partial charge on any atom is 0.262 e. The van der Waals surface area contributed by atoms with Crippen molar-refractivity contribution in [1.82, 2.24) is 25.1 Å². The van der Waals surface area contributed by atoms with Crippen LogP contribution in [0.3, 0.4) is 0 Å². The minimum absolute atomic E-state index is 0.181. The van der Waals surface area contributed by atoms with E-state index in [0.29, 0.717) is 11.4 Å². The summed E-state index contributed by atoms with van der Waals surface area (Å²) in [6.45, 7) is 0. The number of imide groups is 1. The zero-order valence-corrected chi connectivity index (χ0v) is 17.7. The monoisotopic (exact) mass is 454 g/mol. The van der Waals surface area contributed by atoms with Gasteiger partial charge in [0.2, 0.25) is 5.91 Å². The Bertz CT molecular complexity index is 1250. The number of carbonyl (C=O) groups excluding carboxylic acids is 3. The van der Waals surface area contributed by atoms with E-state index in [1.807, 2.05) is 0 Å². The van der Waals surface area contributed by atoms with E-state index < -0.39 is 33.6 Å². The van der Waals surface area contributed by atoms with Gasteiger partial charge in [-0.3, -0.25) is 19.3 Å². The fourth-order valence-corrected chi connectivity index (χ4v) is 4.05. The average molecular weight is 454 g/mol. The molecule has 1 atom stereocenters. The fraction of sp³-hybridized carbons (Fsp3) is 0.200. The van der Waals surface area contributed by atoms with E-state index in [1.165, 1.54) is 23.1 Å². The second-order valence-corrected chi connectivity index (χ2v) is 9.51. The highest BCUT2D eigenvalue weighted by Crippen LogP contribution is 2.26. The Balaban J connectivity index is 1.58. The van der Waals surface area contributed by atoms with Gasteiger partial charge in [-0.15, -0.1) is 5.10 Å². The van der Waals surface area contributed by atoms with Gasteiger partial charge >= 0.3 is 0 Å². The zero-order chi connectivity index (χ0) is 22.9. The van der Waals surface area contributed by atoms with E-state index in [9.17, 15) is 22.8 Å². The molecule has 0 unspecified atom stereocenters. The molecule has 0 saturated heterocycles. The van der Waals surface area contributed by atoms with Crippen LogP contribution in [0.2, 0.25) is 0 Å². The quantitative estimate of drug-likeness (QED) is 0.514. The summed E-state index contributed by atoms with van der Waals surface area (Å²) in [5.41, 5.74) is 1.41. The molecular weight excluding hydrogens is 436 g/mol. The highest BCUT2D eigenvalue weighted by molar-refractivity contribution is 7.90. The SMILES string of the molecule is CS(=O)(=O)CC[C@@H](C(=O)Nc1ccc(-n2cnnn2)cc1)N1C(=O)c2ccccc2C1=O. The number of aromatic nitrogens is 4. The number of anilines is 1. The summed E-state index contributed by atoms with van der Waals surface area (Å²) in [7, 11) is -3.44. The highest BCUT2D eigenvalue weighted by atomic mass is 32.2. The molecule has 1 aliphatic rings. The highest BCUT2D eigenvalue weighted by Gasteiger charge is 2.42. The van der Waals surface area contributed by atoms with Gasteiger partial charge in [-0.1, -0.05) is 12.1 Å². The number of hydrogen-bond donors (Lipinski definition) is 1. The van der Waals surface area contributed by atoms with Crippen molar-refractivity contribution in [1.29, 1.82) is 0 Å². The van der Waals surface area contributed by atoms with E-state index in [2.05, 4.69) is 20.8 Å². The van der Waals surface area contributed by atoms with Crippen LogP contribution >= 0.6 is 0 Å². The molecule has 0 radical (unpaired) electrons. The van der Waals surface area contributed by atoms with Crippen LogP contribution in [-0.4, -0.2) is 69.3 Å². The lowest BCUT2D eigenvalue weighted by Crippen LogP contribution is -2.48. The molecule has 0 fully saturated rings. The van der Waals surface area contributed by atoms with Crippen LogP contribution in [0.5, 0.6) is 0 Å². The van der Waals surface area contributed by atoms with Gasteiger partial charge in [0, 0.05) is 11.9 Å². The van der Waals surface area contributed by atoms with E-state index >= 15 is 0 Å². The molecule has 0 bridgehead atoms. The molecule has 1 aliphatic heterocycles. The molecule has 1 N–H and O–H groups in total. The first kappa shape index (κ1) is 21.3. The summed E-state index contributed by atoms with van der Waals surface area (Å²) in [6.07, 6.45) is 2.22. The number of rotatable bonds is 7. The van der Waals surface area contributed by atoms with Gasteiger partial charge in [0.15, 0.2) is 0 Å². The van der Waals surface area contributed by atoms with Crippen LogP contribution in [0.4, 0.5) is 5.69 Å². The zero-order valence-electron chi connectivity index (χ0n) is 16.9. The lowest BCUT2D eigenvalue weighted by atomic mass is 10.1. The molecule has 1 aromatic heterocycles. The third-order valence-corrected chi connectivity index (χ3v) is 5.93. The predicted molar refractivity (Wildman–Crippen MR) is 113 cm³/mol. The number of amides is 3. The summed E-state index contributed by atoms with van der Waals surface area (Å²) in [5, 5.41) is 13.5. The molecule has 2 aromatic carbocycles. The average Bonchev–Trinajstić information content (AvgIpc) is 3.37. The Labute approximate surface area is 182 Å². The lowest BCUT2D eigenvalue weighted by Gasteiger charge is -2.25. The number of sulfone groups is 1. The Morgan fingerprint density at radius 2 is 1.66 bits per heavy atom. The van der Waals surface area contributed by atoms with Crippen LogP contribution in [0.15, 0.2) is 54.9 Å². The Kier molecular flexibility index (Phi) is 5.53. The van der Waals surface area contributed by atoms with Crippen molar-refractivity contribution in [2.75, 3.05) is 17.3 Å². The molecule has 11 nitrogen and oxygen atoms in total. The molecule has 3 amide bonds. The predicted octanol–water partition coefficient (Wildman–Crippen LogP) is 0.700. The van der Waals surface area contributed by atoms with Crippen LogP contribution in [0, 0.1) is 0 Å². The van der Waals surface area contributed by atoms with Gasteiger partial charge in [-0.05, 0) is 53.2 Å². The first-order valence-corrected chi connectivity index (χ1v) is 11.6. The topological polar surface area (TPSA) is 144 Å². The van der Waals surface area contributed by atoms with E-state index in [1.54, 1.807) is 36.4 Å². The fourth-order valence-electron chi connectivity index (χ4n) is 3.40. The maximum atomic E-state index is 13.1. The van der Waals surface area contributed by atoms with Crippen molar-refractivity contribution in [3.05, 3.63) is 66.0 Å². The van der Waals surface area contributed by atoms with E-state index in [0.717, 1.165) is 11.2 Å².